The van der Waals surface area contributed by atoms with E-state index >= 15 is 0 Å². The maximum absolute atomic E-state index is 13.9. The van der Waals surface area contributed by atoms with Crippen molar-refractivity contribution in [2.45, 2.75) is 51.2 Å². The molecule has 4 rings (SSSR count). The first kappa shape index (κ1) is 28.2. The molecule has 0 spiro atoms. The standard InChI is InChI=1S/C30H35Cl2N3O3/c1-38-18-17-34(30(37)24-14-15-27(31)28(32)19-24)22-29(36)35(25-11-6-3-7-12-25)21-26-13-8-16-33(26)20-23-9-4-2-5-10-23/h2,4-5,8-10,13-16,19,25H,3,6-7,11-12,17-18,20-22H2,1H3. The van der Waals surface area contributed by atoms with Crippen LogP contribution in [-0.4, -0.2) is 59.0 Å². The molecule has 2 amide bonds. The molecule has 38 heavy (non-hydrogen) atoms. The summed E-state index contributed by atoms with van der Waals surface area (Å²) in [7, 11) is 1.58. The number of rotatable bonds is 11. The van der Waals surface area contributed by atoms with Gasteiger partial charge in [0.1, 0.15) is 6.54 Å². The molecule has 1 aliphatic rings. The Labute approximate surface area is 235 Å². The first-order chi connectivity index (χ1) is 18.5. The fourth-order valence-corrected chi connectivity index (χ4v) is 5.33. The maximum Gasteiger partial charge on any atom is 0.254 e. The third kappa shape index (κ3) is 7.40. The molecule has 0 bridgehead atoms. The Kier molecular flexibility index (Phi) is 10.3. The van der Waals surface area contributed by atoms with Crippen molar-refractivity contribution < 1.29 is 14.3 Å². The van der Waals surface area contributed by atoms with Gasteiger partial charge in [0.25, 0.3) is 5.91 Å². The van der Waals surface area contributed by atoms with Crippen molar-refractivity contribution in [3.05, 3.63) is 93.7 Å². The molecule has 1 fully saturated rings. The van der Waals surface area contributed by atoms with E-state index in [4.69, 9.17) is 27.9 Å². The number of halogens is 2. The van der Waals surface area contributed by atoms with E-state index in [1.807, 2.05) is 29.2 Å². The molecule has 0 unspecified atom stereocenters. The molecular weight excluding hydrogens is 521 g/mol. The quantitative estimate of drug-likeness (QED) is 0.279. The topological polar surface area (TPSA) is 54.8 Å². The first-order valence-electron chi connectivity index (χ1n) is 13.2. The third-order valence-electron chi connectivity index (χ3n) is 7.13. The van der Waals surface area contributed by atoms with Crippen LogP contribution in [0.4, 0.5) is 0 Å². The highest BCUT2D eigenvalue weighted by molar-refractivity contribution is 6.42. The highest BCUT2D eigenvalue weighted by Crippen LogP contribution is 2.26. The molecule has 2 aromatic carbocycles. The summed E-state index contributed by atoms with van der Waals surface area (Å²) in [5, 5.41) is 0.684. The average Bonchev–Trinajstić information content (AvgIpc) is 3.38. The summed E-state index contributed by atoms with van der Waals surface area (Å²) in [6, 6.07) is 19.3. The van der Waals surface area contributed by atoms with Gasteiger partial charge in [0, 0.05) is 43.7 Å². The van der Waals surface area contributed by atoms with Crippen molar-refractivity contribution in [2.24, 2.45) is 0 Å². The van der Waals surface area contributed by atoms with Gasteiger partial charge in [0.15, 0.2) is 0 Å². The molecule has 202 valence electrons. The minimum absolute atomic E-state index is 0.0294. The smallest absolute Gasteiger partial charge is 0.254 e. The van der Waals surface area contributed by atoms with Crippen molar-refractivity contribution >= 4 is 35.0 Å². The van der Waals surface area contributed by atoms with Crippen molar-refractivity contribution in [3.8, 4) is 0 Å². The highest BCUT2D eigenvalue weighted by Gasteiger charge is 2.29. The van der Waals surface area contributed by atoms with Gasteiger partial charge in [-0.3, -0.25) is 9.59 Å². The Balaban J connectivity index is 1.55. The van der Waals surface area contributed by atoms with Crippen LogP contribution < -0.4 is 0 Å². The van der Waals surface area contributed by atoms with E-state index in [9.17, 15) is 9.59 Å². The predicted octanol–water partition coefficient (Wildman–Crippen LogP) is 6.29. The number of hydrogen-bond donors (Lipinski definition) is 0. The Bertz CT molecular complexity index is 1210. The normalized spacial score (nSPS) is 13.9. The van der Waals surface area contributed by atoms with Crippen molar-refractivity contribution in [3.63, 3.8) is 0 Å². The lowest BCUT2D eigenvalue weighted by molar-refractivity contribution is -0.135. The fraction of sp³-hybridized carbons (Fsp3) is 0.400. The summed E-state index contributed by atoms with van der Waals surface area (Å²) in [6.45, 7) is 1.83. The zero-order chi connectivity index (χ0) is 26.9. The fourth-order valence-electron chi connectivity index (χ4n) is 5.04. The number of nitrogens with zero attached hydrogens (tertiary/aromatic N) is 3. The van der Waals surface area contributed by atoms with E-state index in [1.54, 1.807) is 30.2 Å². The van der Waals surface area contributed by atoms with Gasteiger partial charge < -0.3 is 19.1 Å². The summed E-state index contributed by atoms with van der Waals surface area (Å²) in [4.78, 5) is 30.9. The first-order valence-corrected chi connectivity index (χ1v) is 13.9. The number of carbonyl (C=O) groups is 2. The van der Waals surface area contributed by atoms with Crippen molar-refractivity contribution in [2.75, 3.05) is 26.8 Å². The lowest BCUT2D eigenvalue weighted by Crippen LogP contribution is -2.48. The summed E-state index contributed by atoms with van der Waals surface area (Å²) in [6.07, 6.45) is 7.42. The number of ether oxygens (including phenoxy) is 1. The molecule has 3 aromatic rings. The van der Waals surface area contributed by atoms with E-state index in [0.717, 1.165) is 37.9 Å². The van der Waals surface area contributed by atoms with Crippen LogP contribution in [0.1, 0.15) is 53.7 Å². The molecule has 0 radical (unpaired) electrons. The Hall–Kier alpha value is -2.80. The summed E-state index contributed by atoms with van der Waals surface area (Å²) >= 11 is 12.2. The van der Waals surface area contributed by atoms with Crippen molar-refractivity contribution in [1.82, 2.24) is 14.4 Å². The van der Waals surface area contributed by atoms with E-state index in [1.165, 1.54) is 12.0 Å². The molecule has 8 heteroatoms. The van der Waals surface area contributed by atoms with Gasteiger partial charge in [-0.15, -0.1) is 0 Å². The number of aromatic nitrogens is 1. The van der Waals surface area contributed by atoms with Gasteiger partial charge in [-0.2, -0.15) is 0 Å². The van der Waals surface area contributed by atoms with Gasteiger partial charge in [-0.05, 0) is 48.7 Å². The molecular formula is C30H35Cl2N3O3. The molecule has 0 atom stereocenters. The van der Waals surface area contributed by atoms with Crippen LogP contribution in [0, 0.1) is 0 Å². The van der Waals surface area contributed by atoms with Gasteiger partial charge >= 0.3 is 0 Å². The number of hydrogen-bond acceptors (Lipinski definition) is 3. The largest absolute Gasteiger partial charge is 0.383 e. The molecule has 6 nitrogen and oxygen atoms in total. The minimum atomic E-state index is -0.273. The summed E-state index contributed by atoms with van der Waals surface area (Å²) in [5.41, 5.74) is 2.68. The maximum atomic E-state index is 13.9. The minimum Gasteiger partial charge on any atom is -0.383 e. The third-order valence-corrected chi connectivity index (χ3v) is 7.87. The lowest BCUT2D eigenvalue weighted by atomic mass is 9.94. The Morgan fingerprint density at radius 1 is 0.974 bits per heavy atom. The molecule has 1 aliphatic carbocycles. The van der Waals surface area contributed by atoms with Crippen LogP contribution in [0.2, 0.25) is 10.0 Å². The second kappa shape index (κ2) is 13.8. The molecule has 0 N–H and O–H groups in total. The van der Waals surface area contributed by atoms with E-state index in [0.29, 0.717) is 35.3 Å². The van der Waals surface area contributed by atoms with Crippen molar-refractivity contribution in [1.29, 1.82) is 0 Å². The van der Waals surface area contributed by atoms with Crippen LogP contribution in [0.5, 0.6) is 0 Å². The predicted molar refractivity (Wildman–Crippen MR) is 152 cm³/mol. The number of methoxy groups -OCH3 is 1. The van der Waals surface area contributed by atoms with E-state index in [-0.39, 0.29) is 24.4 Å². The molecule has 0 aliphatic heterocycles. The number of benzene rings is 2. The van der Waals surface area contributed by atoms with Crippen LogP contribution in [0.15, 0.2) is 66.9 Å². The van der Waals surface area contributed by atoms with E-state index < -0.39 is 0 Å². The molecule has 1 aromatic heterocycles. The second-order valence-corrected chi connectivity index (χ2v) is 10.6. The van der Waals surface area contributed by atoms with Crippen LogP contribution in [0.25, 0.3) is 0 Å². The van der Waals surface area contributed by atoms with Crippen LogP contribution >= 0.6 is 23.2 Å². The summed E-state index contributed by atoms with van der Waals surface area (Å²) < 4.78 is 7.44. The monoisotopic (exact) mass is 555 g/mol. The average molecular weight is 557 g/mol. The lowest BCUT2D eigenvalue weighted by Gasteiger charge is -2.36. The van der Waals surface area contributed by atoms with Crippen LogP contribution in [-0.2, 0) is 22.6 Å². The van der Waals surface area contributed by atoms with Gasteiger partial charge in [-0.25, -0.2) is 0 Å². The van der Waals surface area contributed by atoms with Gasteiger partial charge in [0.05, 0.1) is 23.2 Å². The zero-order valence-electron chi connectivity index (χ0n) is 21.8. The number of carbonyl (C=O) groups excluding carboxylic acids is 2. The van der Waals surface area contributed by atoms with Gasteiger partial charge in [-0.1, -0.05) is 72.8 Å². The molecule has 1 heterocycles. The van der Waals surface area contributed by atoms with Crippen LogP contribution in [0.3, 0.4) is 0 Å². The number of amides is 2. The molecule has 0 saturated heterocycles. The highest BCUT2D eigenvalue weighted by atomic mass is 35.5. The SMILES string of the molecule is COCCN(CC(=O)N(Cc1cccn1Cc1ccccc1)C1CCCCC1)C(=O)c1ccc(Cl)c(Cl)c1. The Morgan fingerprint density at radius 2 is 1.74 bits per heavy atom. The molecule has 1 saturated carbocycles. The van der Waals surface area contributed by atoms with Gasteiger partial charge in [0.2, 0.25) is 5.91 Å². The van der Waals surface area contributed by atoms with E-state index in [2.05, 4.69) is 29.0 Å². The Morgan fingerprint density at radius 3 is 2.45 bits per heavy atom. The zero-order valence-corrected chi connectivity index (χ0v) is 23.3. The summed E-state index contributed by atoms with van der Waals surface area (Å²) in [5.74, 6) is -0.334. The second-order valence-electron chi connectivity index (χ2n) is 9.77.